The van der Waals surface area contributed by atoms with Gasteiger partial charge in [-0.25, -0.2) is 13.2 Å². The molecule has 3 rings (SSSR count). The van der Waals surface area contributed by atoms with Crippen LogP contribution in [-0.4, -0.2) is 60.2 Å². The van der Waals surface area contributed by atoms with Crippen LogP contribution in [0.15, 0.2) is 72.1 Å². The average Bonchev–Trinajstić information content (AvgIpc) is 3.22. The quantitative estimate of drug-likeness (QED) is 0.409. The van der Waals surface area contributed by atoms with Crippen LogP contribution >= 0.6 is 0 Å². The van der Waals surface area contributed by atoms with Gasteiger partial charge < -0.3 is 20.8 Å². The van der Waals surface area contributed by atoms with Crippen LogP contribution in [-0.2, 0) is 21.2 Å². The summed E-state index contributed by atoms with van der Waals surface area (Å²) in [7, 11) is -3.94. The molecule has 2 aromatic carbocycles. The van der Waals surface area contributed by atoms with Gasteiger partial charge in [0.05, 0.1) is 23.6 Å². The summed E-state index contributed by atoms with van der Waals surface area (Å²) in [4.78, 5) is 22.9. The molecule has 0 spiro atoms. The molecule has 2 aromatic rings. The number of hydrogen-bond donors (Lipinski definition) is 4. The predicted molar refractivity (Wildman–Crippen MR) is 122 cm³/mol. The van der Waals surface area contributed by atoms with Gasteiger partial charge in [0.25, 0.3) is 0 Å². The molecular weight excluding hydrogens is 446 g/mol. The van der Waals surface area contributed by atoms with Gasteiger partial charge in [0.1, 0.15) is 0 Å². The number of carbonyl (C=O) groups is 2. The van der Waals surface area contributed by atoms with Gasteiger partial charge in [-0.2, -0.15) is 4.31 Å². The lowest BCUT2D eigenvalue weighted by molar-refractivity contribution is -0.117. The zero-order valence-electron chi connectivity index (χ0n) is 17.9. The zero-order valence-corrected chi connectivity index (χ0v) is 18.7. The van der Waals surface area contributed by atoms with Gasteiger partial charge in [0, 0.05) is 12.6 Å². The minimum Gasteiger partial charge on any atom is -0.465 e. The van der Waals surface area contributed by atoms with E-state index in [0.29, 0.717) is 12.0 Å². The molecule has 4 N–H and O–H groups in total. The van der Waals surface area contributed by atoms with Gasteiger partial charge in [-0.05, 0) is 42.2 Å². The highest BCUT2D eigenvalue weighted by Crippen LogP contribution is 2.28. The molecule has 0 saturated carbocycles. The third kappa shape index (κ3) is 5.98. The first-order chi connectivity index (χ1) is 15.7. The fraction of sp³-hybridized carbons (Fsp3) is 0.304. The zero-order chi connectivity index (χ0) is 24.0. The van der Waals surface area contributed by atoms with Crippen LogP contribution < -0.4 is 10.6 Å². The third-order valence-corrected chi connectivity index (χ3v) is 7.51. The highest BCUT2D eigenvalue weighted by Gasteiger charge is 2.40. The number of sulfonamides is 1. The fourth-order valence-electron chi connectivity index (χ4n) is 3.97. The lowest BCUT2D eigenvalue weighted by Crippen LogP contribution is -2.39. The second kappa shape index (κ2) is 10.6. The van der Waals surface area contributed by atoms with Crippen molar-refractivity contribution in [2.45, 2.75) is 35.9 Å². The van der Waals surface area contributed by atoms with Gasteiger partial charge in [-0.15, -0.1) is 0 Å². The maximum absolute atomic E-state index is 13.2. The average molecular weight is 474 g/mol. The summed E-state index contributed by atoms with van der Waals surface area (Å²) in [6, 6.07) is 13.7. The van der Waals surface area contributed by atoms with Crippen LogP contribution in [0.1, 0.15) is 23.6 Å². The Morgan fingerprint density at radius 3 is 2.39 bits per heavy atom. The van der Waals surface area contributed by atoms with Crippen LogP contribution in [0.5, 0.6) is 0 Å². The Morgan fingerprint density at radius 1 is 1.15 bits per heavy atom. The second-order valence-electron chi connectivity index (χ2n) is 7.82. The van der Waals surface area contributed by atoms with Gasteiger partial charge in [-0.3, -0.25) is 4.79 Å². The molecule has 10 heteroatoms. The number of nitrogens with zero attached hydrogens (tertiary/aromatic N) is 1. The van der Waals surface area contributed by atoms with Crippen molar-refractivity contribution >= 4 is 22.0 Å². The topological polar surface area (TPSA) is 136 Å². The lowest BCUT2D eigenvalue weighted by atomic mass is 9.99. The number of hydrogen-bond acceptors (Lipinski definition) is 5. The van der Waals surface area contributed by atoms with E-state index in [1.807, 2.05) is 30.3 Å². The Kier molecular flexibility index (Phi) is 7.85. The van der Waals surface area contributed by atoms with Gasteiger partial charge >= 0.3 is 6.09 Å². The van der Waals surface area contributed by atoms with E-state index in [1.165, 1.54) is 16.4 Å². The first-order valence-electron chi connectivity index (χ1n) is 10.4. The molecule has 176 valence electrons. The van der Waals surface area contributed by atoms with E-state index in [4.69, 9.17) is 0 Å². The smallest absolute Gasteiger partial charge is 0.405 e. The number of benzene rings is 2. The summed E-state index contributed by atoms with van der Waals surface area (Å²) in [5, 5.41) is 24.1. The molecule has 0 radical (unpaired) electrons. The first-order valence-corrected chi connectivity index (χ1v) is 11.9. The van der Waals surface area contributed by atoms with Crippen LogP contribution in [0.3, 0.4) is 0 Å². The minimum atomic E-state index is -3.94. The van der Waals surface area contributed by atoms with E-state index < -0.39 is 40.1 Å². The first kappa shape index (κ1) is 24.4. The molecule has 0 bridgehead atoms. The molecule has 1 aliphatic rings. The number of rotatable bonds is 9. The molecule has 0 aliphatic carbocycles. The van der Waals surface area contributed by atoms with E-state index in [9.17, 15) is 28.2 Å². The van der Waals surface area contributed by atoms with Crippen molar-refractivity contribution in [1.29, 1.82) is 0 Å². The van der Waals surface area contributed by atoms with E-state index in [2.05, 4.69) is 17.2 Å². The molecule has 3 atom stereocenters. The Labute approximate surface area is 192 Å². The maximum atomic E-state index is 13.2. The second-order valence-corrected chi connectivity index (χ2v) is 9.71. The van der Waals surface area contributed by atoms with E-state index in [-0.39, 0.29) is 24.5 Å². The Hall–Kier alpha value is -3.21. The molecule has 3 unspecified atom stereocenters. The number of amides is 2. The molecular formula is C23H27N3O6S. The van der Waals surface area contributed by atoms with Crippen LogP contribution in [0.2, 0.25) is 0 Å². The van der Waals surface area contributed by atoms with Crippen molar-refractivity contribution in [3.05, 3.63) is 78.4 Å². The Balaban J connectivity index is 1.81. The number of aliphatic hydroxyl groups is 1. The molecule has 1 aliphatic heterocycles. The highest BCUT2D eigenvalue weighted by atomic mass is 32.2. The normalized spacial score (nSPS) is 19.5. The van der Waals surface area contributed by atoms with Gasteiger partial charge in [-0.1, -0.05) is 49.0 Å². The molecule has 1 heterocycles. The summed E-state index contributed by atoms with van der Waals surface area (Å²) in [5.74, 6) is -0.407. The van der Waals surface area contributed by atoms with Gasteiger partial charge in [0.2, 0.25) is 15.9 Å². The van der Waals surface area contributed by atoms with Crippen molar-refractivity contribution in [2.24, 2.45) is 0 Å². The van der Waals surface area contributed by atoms with Crippen molar-refractivity contribution in [3.63, 3.8) is 0 Å². The molecule has 33 heavy (non-hydrogen) atoms. The lowest BCUT2D eigenvalue weighted by Gasteiger charge is -2.23. The van der Waals surface area contributed by atoms with Crippen LogP contribution in [0, 0.1) is 0 Å². The van der Waals surface area contributed by atoms with E-state index in [0.717, 1.165) is 11.6 Å². The van der Waals surface area contributed by atoms with Crippen LogP contribution in [0.4, 0.5) is 4.79 Å². The molecule has 1 fully saturated rings. The molecule has 0 aromatic heterocycles. The summed E-state index contributed by atoms with van der Waals surface area (Å²) in [5.41, 5.74) is 1.56. The summed E-state index contributed by atoms with van der Waals surface area (Å²) in [6.45, 7) is 3.05. The minimum absolute atomic E-state index is 0.0224. The standard InChI is InChI=1S/C23H27N3O6S/c1-2-22(28)24-18-13-19(15-27)26(14-18)33(31,32)20-10-8-17(9-11-20)21(25-23(29)30)12-16-6-4-3-5-7-16/h2-11,18-19,21,25,27H,1,12-15H2,(H,24,28)(H,29,30). The van der Waals surface area contributed by atoms with E-state index >= 15 is 0 Å². The third-order valence-electron chi connectivity index (χ3n) is 5.58. The van der Waals surface area contributed by atoms with Crippen molar-refractivity contribution in [3.8, 4) is 0 Å². The number of nitrogens with one attached hydrogen (secondary N) is 2. The predicted octanol–water partition coefficient (Wildman–Crippen LogP) is 1.66. The summed E-state index contributed by atoms with van der Waals surface area (Å²) < 4.78 is 27.6. The summed E-state index contributed by atoms with van der Waals surface area (Å²) >= 11 is 0. The molecule has 1 saturated heterocycles. The molecule has 2 amide bonds. The Bertz CT molecular complexity index is 1090. The monoisotopic (exact) mass is 473 g/mol. The Morgan fingerprint density at radius 2 is 1.82 bits per heavy atom. The highest BCUT2D eigenvalue weighted by molar-refractivity contribution is 7.89. The van der Waals surface area contributed by atoms with Gasteiger partial charge in [0.15, 0.2) is 0 Å². The fourth-order valence-corrected chi connectivity index (χ4v) is 5.64. The molecule has 9 nitrogen and oxygen atoms in total. The van der Waals surface area contributed by atoms with Crippen molar-refractivity contribution in [2.75, 3.05) is 13.2 Å². The van der Waals surface area contributed by atoms with Crippen molar-refractivity contribution < 1.29 is 28.2 Å². The number of carboxylic acid groups (broad SMARTS) is 1. The van der Waals surface area contributed by atoms with Crippen LogP contribution in [0.25, 0.3) is 0 Å². The largest absolute Gasteiger partial charge is 0.465 e. The van der Waals surface area contributed by atoms with Crippen molar-refractivity contribution in [1.82, 2.24) is 14.9 Å². The SMILES string of the molecule is C=CC(=O)NC1CC(CO)N(S(=O)(=O)c2ccc(C(Cc3ccccc3)NC(=O)O)cc2)C1. The summed E-state index contributed by atoms with van der Waals surface area (Å²) in [6.07, 6.45) is 0.626. The number of aliphatic hydroxyl groups excluding tert-OH is 1. The number of carbonyl (C=O) groups excluding carboxylic acids is 1. The van der Waals surface area contributed by atoms with E-state index in [1.54, 1.807) is 12.1 Å². The maximum Gasteiger partial charge on any atom is 0.405 e.